The molecule has 6 nitrogen and oxygen atoms in total. The smallest absolute Gasteiger partial charge is 0.137 e. The lowest BCUT2D eigenvalue weighted by Gasteiger charge is -2.16. The second kappa shape index (κ2) is 8.82. The van der Waals surface area contributed by atoms with Crippen LogP contribution in [0.5, 0.6) is 5.75 Å². The first-order valence-corrected chi connectivity index (χ1v) is 5.92. The van der Waals surface area contributed by atoms with Gasteiger partial charge in [0.2, 0.25) is 0 Å². The van der Waals surface area contributed by atoms with Crippen molar-refractivity contribution in [1.82, 2.24) is 10.4 Å². The van der Waals surface area contributed by atoms with Crippen LogP contribution in [0.1, 0.15) is 18.5 Å². The maximum atomic E-state index is 5.51. The van der Waals surface area contributed by atoms with E-state index in [0.29, 0.717) is 26.4 Å². The maximum Gasteiger partial charge on any atom is 0.137 e. The van der Waals surface area contributed by atoms with Gasteiger partial charge in [-0.3, -0.25) is 16.3 Å². The predicted octanol–water partition coefficient (Wildman–Crippen LogP) is 0.648. The van der Waals surface area contributed by atoms with Gasteiger partial charge in [-0.15, -0.1) is 0 Å². The molecule has 0 radical (unpaired) electrons. The van der Waals surface area contributed by atoms with Crippen LogP contribution in [0.25, 0.3) is 0 Å². The molecule has 0 saturated heterocycles. The Morgan fingerprint density at radius 3 is 2.89 bits per heavy atom. The van der Waals surface area contributed by atoms with Crippen molar-refractivity contribution in [2.75, 3.05) is 33.5 Å². The molecule has 0 aliphatic carbocycles. The van der Waals surface area contributed by atoms with E-state index in [2.05, 4.69) is 10.4 Å². The van der Waals surface area contributed by atoms with Crippen molar-refractivity contribution in [2.45, 2.75) is 13.0 Å². The minimum Gasteiger partial charge on any atom is -0.492 e. The zero-order chi connectivity index (χ0) is 13.2. The van der Waals surface area contributed by atoms with E-state index in [4.69, 9.17) is 20.1 Å². The Morgan fingerprint density at radius 2 is 2.22 bits per heavy atom. The van der Waals surface area contributed by atoms with Crippen molar-refractivity contribution >= 4 is 0 Å². The first-order valence-electron chi connectivity index (χ1n) is 5.92. The van der Waals surface area contributed by atoms with E-state index >= 15 is 0 Å². The van der Waals surface area contributed by atoms with Crippen LogP contribution in [0.3, 0.4) is 0 Å². The summed E-state index contributed by atoms with van der Waals surface area (Å²) in [5, 5.41) is 0. The van der Waals surface area contributed by atoms with Crippen molar-refractivity contribution in [3.05, 3.63) is 24.0 Å². The summed E-state index contributed by atoms with van der Waals surface area (Å²) in [7, 11) is 1.64. The monoisotopic (exact) mass is 255 g/mol. The Kier molecular flexibility index (Phi) is 7.28. The van der Waals surface area contributed by atoms with Gasteiger partial charge in [-0.05, 0) is 18.6 Å². The van der Waals surface area contributed by atoms with Crippen molar-refractivity contribution in [1.29, 1.82) is 0 Å². The third kappa shape index (κ3) is 4.97. The molecule has 3 N–H and O–H groups in total. The molecule has 0 fully saturated rings. The number of methoxy groups -OCH3 is 1. The SMILES string of the molecule is CCOc1cncc(C(COCCOC)NN)c1. The molecule has 1 unspecified atom stereocenters. The number of hydrogen-bond acceptors (Lipinski definition) is 6. The molecule has 1 heterocycles. The average molecular weight is 255 g/mol. The summed E-state index contributed by atoms with van der Waals surface area (Å²) in [5.74, 6) is 6.24. The van der Waals surface area contributed by atoms with Crippen LogP contribution >= 0.6 is 0 Å². The zero-order valence-electron chi connectivity index (χ0n) is 10.9. The predicted molar refractivity (Wildman–Crippen MR) is 68.2 cm³/mol. The molecule has 0 amide bonds. The standard InChI is InChI=1S/C12H21N3O3/c1-3-18-11-6-10(7-14-8-11)12(15-13)9-17-5-4-16-2/h6-8,12,15H,3-5,9,13H2,1-2H3. The lowest BCUT2D eigenvalue weighted by molar-refractivity contribution is 0.0585. The first-order chi connectivity index (χ1) is 8.81. The molecular formula is C12H21N3O3. The molecule has 0 saturated carbocycles. The maximum absolute atomic E-state index is 5.51. The number of nitrogens with one attached hydrogen (secondary N) is 1. The quantitative estimate of drug-likeness (QED) is 0.383. The summed E-state index contributed by atoms with van der Waals surface area (Å²) in [5.41, 5.74) is 3.63. The van der Waals surface area contributed by atoms with E-state index in [9.17, 15) is 0 Å². The number of pyridine rings is 1. The Balaban J connectivity index is 2.54. The van der Waals surface area contributed by atoms with E-state index in [1.54, 1.807) is 19.5 Å². The van der Waals surface area contributed by atoms with Gasteiger partial charge in [-0.1, -0.05) is 0 Å². The molecule has 0 aliphatic rings. The van der Waals surface area contributed by atoms with Crippen LogP contribution in [-0.4, -0.2) is 38.5 Å². The number of hydrogen-bond donors (Lipinski definition) is 2. The summed E-state index contributed by atoms with van der Waals surface area (Å²) < 4.78 is 15.7. The average Bonchev–Trinajstić information content (AvgIpc) is 2.40. The number of aromatic nitrogens is 1. The van der Waals surface area contributed by atoms with Gasteiger partial charge in [-0.2, -0.15) is 0 Å². The van der Waals surface area contributed by atoms with Crippen molar-refractivity contribution in [2.24, 2.45) is 5.84 Å². The van der Waals surface area contributed by atoms with Gasteiger partial charge in [0.1, 0.15) is 5.75 Å². The minimum absolute atomic E-state index is 0.116. The summed E-state index contributed by atoms with van der Waals surface area (Å²) in [4.78, 5) is 4.12. The number of hydrazine groups is 1. The van der Waals surface area contributed by atoms with E-state index in [0.717, 1.165) is 11.3 Å². The Hall–Kier alpha value is -1.21. The molecular weight excluding hydrogens is 234 g/mol. The second-order valence-electron chi connectivity index (χ2n) is 3.67. The molecule has 1 atom stereocenters. The van der Waals surface area contributed by atoms with Gasteiger partial charge >= 0.3 is 0 Å². The second-order valence-corrected chi connectivity index (χ2v) is 3.67. The van der Waals surface area contributed by atoms with Crippen LogP contribution in [0, 0.1) is 0 Å². The highest BCUT2D eigenvalue weighted by Crippen LogP contribution is 2.17. The fourth-order valence-electron chi connectivity index (χ4n) is 1.46. The number of nitrogens with zero attached hydrogens (tertiary/aromatic N) is 1. The van der Waals surface area contributed by atoms with Gasteiger partial charge in [0, 0.05) is 13.3 Å². The molecule has 6 heteroatoms. The molecule has 0 aliphatic heterocycles. The number of ether oxygens (including phenoxy) is 3. The van der Waals surface area contributed by atoms with Gasteiger partial charge in [0.15, 0.2) is 0 Å². The van der Waals surface area contributed by atoms with Crippen LogP contribution in [0.4, 0.5) is 0 Å². The van der Waals surface area contributed by atoms with Gasteiger partial charge < -0.3 is 14.2 Å². The number of rotatable bonds is 9. The summed E-state index contributed by atoms with van der Waals surface area (Å²) >= 11 is 0. The van der Waals surface area contributed by atoms with Crippen molar-refractivity contribution in [3.8, 4) is 5.75 Å². The van der Waals surface area contributed by atoms with Crippen LogP contribution < -0.4 is 16.0 Å². The molecule has 0 bridgehead atoms. The largest absolute Gasteiger partial charge is 0.492 e. The van der Waals surface area contributed by atoms with Gasteiger partial charge in [0.05, 0.1) is 38.7 Å². The van der Waals surface area contributed by atoms with Gasteiger partial charge in [-0.25, -0.2) is 0 Å². The lowest BCUT2D eigenvalue weighted by Crippen LogP contribution is -2.31. The molecule has 1 rings (SSSR count). The molecule has 102 valence electrons. The van der Waals surface area contributed by atoms with Crippen LogP contribution in [-0.2, 0) is 9.47 Å². The summed E-state index contributed by atoms with van der Waals surface area (Å²) in [6.07, 6.45) is 3.42. The Bertz CT molecular complexity index is 336. The number of nitrogens with two attached hydrogens (primary N) is 1. The summed E-state index contributed by atoms with van der Waals surface area (Å²) in [6.45, 7) is 4.09. The van der Waals surface area contributed by atoms with Crippen LogP contribution in [0.2, 0.25) is 0 Å². The molecule has 1 aromatic heterocycles. The topological polar surface area (TPSA) is 78.6 Å². The Labute approximate surface area is 107 Å². The molecule has 0 aromatic carbocycles. The van der Waals surface area contributed by atoms with E-state index in [-0.39, 0.29) is 6.04 Å². The lowest BCUT2D eigenvalue weighted by atomic mass is 10.1. The molecule has 0 spiro atoms. The normalized spacial score (nSPS) is 12.4. The highest BCUT2D eigenvalue weighted by atomic mass is 16.5. The Morgan fingerprint density at radius 1 is 1.39 bits per heavy atom. The minimum atomic E-state index is -0.116. The van der Waals surface area contributed by atoms with Gasteiger partial charge in [0.25, 0.3) is 0 Å². The van der Waals surface area contributed by atoms with E-state index in [1.807, 2.05) is 13.0 Å². The fraction of sp³-hybridized carbons (Fsp3) is 0.583. The molecule has 1 aromatic rings. The first kappa shape index (κ1) is 14.8. The zero-order valence-corrected chi connectivity index (χ0v) is 10.9. The van der Waals surface area contributed by atoms with Crippen LogP contribution in [0.15, 0.2) is 18.5 Å². The highest BCUT2D eigenvalue weighted by Gasteiger charge is 2.11. The highest BCUT2D eigenvalue weighted by molar-refractivity contribution is 5.26. The summed E-state index contributed by atoms with van der Waals surface area (Å²) in [6, 6.07) is 1.79. The fourth-order valence-corrected chi connectivity index (χ4v) is 1.46. The van der Waals surface area contributed by atoms with E-state index in [1.165, 1.54) is 0 Å². The van der Waals surface area contributed by atoms with Crippen molar-refractivity contribution in [3.63, 3.8) is 0 Å². The third-order valence-electron chi connectivity index (χ3n) is 2.37. The van der Waals surface area contributed by atoms with E-state index < -0.39 is 0 Å². The molecule has 18 heavy (non-hydrogen) atoms. The third-order valence-corrected chi connectivity index (χ3v) is 2.37. The van der Waals surface area contributed by atoms with Crippen molar-refractivity contribution < 1.29 is 14.2 Å².